The highest BCUT2D eigenvalue weighted by atomic mass is 32.1. The molecule has 5 nitrogen and oxygen atoms in total. The zero-order valence-electron chi connectivity index (χ0n) is 13.8. The lowest BCUT2D eigenvalue weighted by atomic mass is 9.89. The van der Waals surface area contributed by atoms with Crippen LogP contribution in [-0.2, 0) is 25.3 Å². The van der Waals surface area contributed by atoms with E-state index in [1.165, 1.54) is 22.1 Å². The van der Waals surface area contributed by atoms with Gasteiger partial charge in [-0.15, -0.1) is 5.10 Å². The second-order valence-corrected chi connectivity index (χ2v) is 7.17. The molecule has 0 aliphatic rings. The third-order valence-corrected chi connectivity index (χ3v) is 4.53. The molecule has 0 saturated carbocycles. The fraction of sp³-hybridized carbons (Fsp3) is 0.667. The number of hydrogen-bond donors (Lipinski definition) is 1. The van der Waals surface area contributed by atoms with Crippen molar-refractivity contribution in [3.8, 4) is 0 Å². The summed E-state index contributed by atoms with van der Waals surface area (Å²) in [5.41, 5.74) is 3.48. The van der Waals surface area contributed by atoms with Gasteiger partial charge in [0, 0.05) is 24.6 Å². The number of nitrogens with one attached hydrogen (secondary N) is 1. The molecule has 2 rings (SSSR count). The largest absolute Gasteiger partial charge is 0.312 e. The zero-order chi connectivity index (χ0) is 15.6. The molecule has 0 saturated heterocycles. The molecule has 1 unspecified atom stereocenters. The van der Waals surface area contributed by atoms with E-state index in [4.69, 9.17) is 0 Å². The van der Waals surface area contributed by atoms with E-state index in [2.05, 4.69) is 53.8 Å². The Morgan fingerprint density at radius 3 is 2.62 bits per heavy atom. The second-order valence-electron chi connectivity index (χ2n) is 6.39. The first kappa shape index (κ1) is 16.1. The molecule has 0 aliphatic heterocycles. The van der Waals surface area contributed by atoms with Crippen molar-refractivity contribution in [3.05, 3.63) is 28.0 Å². The lowest BCUT2D eigenvalue weighted by Crippen LogP contribution is -2.23. The van der Waals surface area contributed by atoms with Crippen LogP contribution in [0.2, 0.25) is 0 Å². The summed E-state index contributed by atoms with van der Waals surface area (Å²) in [5.74, 6) is 0. The van der Waals surface area contributed by atoms with E-state index in [0.29, 0.717) is 0 Å². The highest BCUT2D eigenvalue weighted by Crippen LogP contribution is 2.31. The summed E-state index contributed by atoms with van der Waals surface area (Å²) in [4.78, 5) is 1.23. The Hall–Kier alpha value is -1.27. The molecule has 2 aromatic heterocycles. The number of hydrogen-bond acceptors (Lipinski definition) is 5. The quantitative estimate of drug-likeness (QED) is 0.922. The summed E-state index contributed by atoms with van der Waals surface area (Å²) in [7, 11) is 4.00. The molecular weight excluding hydrogens is 282 g/mol. The topological polar surface area (TPSA) is 55.6 Å². The average molecular weight is 307 g/mol. The summed E-state index contributed by atoms with van der Waals surface area (Å²) >= 11 is 1.49. The number of aryl methyl sites for hydroxylation is 2. The van der Waals surface area contributed by atoms with E-state index < -0.39 is 0 Å². The summed E-state index contributed by atoms with van der Waals surface area (Å²) in [6.45, 7) is 8.67. The Labute approximate surface area is 130 Å². The molecule has 0 radical (unpaired) electrons. The Bertz CT molecular complexity index is 593. The van der Waals surface area contributed by atoms with Gasteiger partial charge in [-0.3, -0.25) is 4.68 Å². The van der Waals surface area contributed by atoms with Gasteiger partial charge in [0.2, 0.25) is 0 Å². The first-order valence-electron chi connectivity index (χ1n) is 7.38. The van der Waals surface area contributed by atoms with Crippen LogP contribution in [0.3, 0.4) is 0 Å². The summed E-state index contributed by atoms with van der Waals surface area (Å²) in [5, 5.41) is 12.3. The molecule has 0 bridgehead atoms. The van der Waals surface area contributed by atoms with Crippen molar-refractivity contribution in [2.24, 2.45) is 7.05 Å². The van der Waals surface area contributed by atoms with Crippen LogP contribution in [0.1, 0.15) is 55.7 Å². The van der Waals surface area contributed by atoms with Crippen molar-refractivity contribution < 1.29 is 0 Å². The third-order valence-electron chi connectivity index (χ3n) is 3.69. The maximum Gasteiger partial charge on any atom is 0.0857 e. The van der Waals surface area contributed by atoms with Gasteiger partial charge in [0.25, 0.3) is 0 Å². The Morgan fingerprint density at radius 2 is 2.10 bits per heavy atom. The maximum absolute atomic E-state index is 4.53. The predicted octanol–water partition coefficient (Wildman–Crippen LogP) is 2.63. The molecule has 0 spiro atoms. The SMILES string of the molecule is CCc1cc(CC(NC)c2snnc2C(C)(C)C)n(C)n1. The number of likely N-dealkylation sites (N-methyl/N-ethyl adjacent to an activating group) is 1. The summed E-state index contributed by atoms with van der Waals surface area (Å²) < 4.78 is 6.15. The Kier molecular flexibility index (Phi) is 4.78. The van der Waals surface area contributed by atoms with E-state index >= 15 is 0 Å². The van der Waals surface area contributed by atoms with Gasteiger partial charge in [-0.25, -0.2) is 0 Å². The van der Waals surface area contributed by atoms with Crippen molar-refractivity contribution in [3.63, 3.8) is 0 Å². The minimum atomic E-state index is 0.0124. The molecule has 0 amide bonds. The van der Waals surface area contributed by atoms with Crippen molar-refractivity contribution >= 4 is 11.5 Å². The van der Waals surface area contributed by atoms with Gasteiger partial charge >= 0.3 is 0 Å². The number of rotatable bonds is 5. The molecule has 6 heteroatoms. The minimum Gasteiger partial charge on any atom is -0.312 e. The lowest BCUT2D eigenvalue weighted by molar-refractivity contribution is 0.521. The van der Waals surface area contributed by atoms with Gasteiger partial charge < -0.3 is 5.32 Å². The molecule has 116 valence electrons. The predicted molar refractivity (Wildman–Crippen MR) is 86.7 cm³/mol. The molecule has 21 heavy (non-hydrogen) atoms. The van der Waals surface area contributed by atoms with Crippen LogP contribution in [-0.4, -0.2) is 26.4 Å². The van der Waals surface area contributed by atoms with E-state index in [-0.39, 0.29) is 11.5 Å². The monoisotopic (exact) mass is 307 g/mol. The fourth-order valence-electron chi connectivity index (χ4n) is 2.42. The molecule has 2 aromatic rings. The Morgan fingerprint density at radius 1 is 1.38 bits per heavy atom. The van der Waals surface area contributed by atoms with Crippen LogP contribution in [0.25, 0.3) is 0 Å². The smallest absolute Gasteiger partial charge is 0.0857 e. The molecule has 0 aromatic carbocycles. The van der Waals surface area contributed by atoms with E-state index in [1.54, 1.807) is 0 Å². The molecule has 2 heterocycles. The van der Waals surface area contributed by atoms with Crippen molar-refractivity contribution in [2.45, 2.75) is 52.0 Å². The van der Waals surface area contributed by atoms with E-state index in [9.17, 15) is 0 Å². The standard InChI is InChI=1S/C15H25N5S/c1-7-10-8-11(20(6)18-10)9-12(16-5)13-14(15(2,3)4)17-19-21-13/h8,12,16H,7,9H2,1-6H3. The van der Waals surface area contributed by atoms with Crippen LogP contribution in [0.15, 0.2) is 6.07 Å². The Balaban J connectivity index is 2.28. The highest BCUT2D eigenvalue weighted by Gasteiger charge is 2.27. The molecular formula is C15H25N5S. The van der Waals surface area contributed by atoms with Crippen LogP contribution in [0.4, 0.5) is 0 Å². The zero-order valence-corrected chi connectivity index (χ0v) is 14.6. The minimum absolute atomic E-state index is 0.0124. The van der Waals surface area contributed by atoms with Crippen LogP contribution < -0.4 is 5.32 Å². The lowest BCUT2D eigenvalue weighted by Gasteiger charge is -2.21. The number of aromatic nitrogens is 4. The fourth-order valence-corrected chi connectivity index (χ4v) is 3.39. The van der Waals surface area contributed by atoms with Gasteiger partial charge in [0.1, 0.15) is 0 Å². The van der Waals surface area contributed by atoms with E-state index in [0.717, 1.165) is 24.2 Å². The molecule has 1 atom stereocenters. The van der Waals surface area contributed by atoms with Gasteiger partial charge in [-0.1, -0.05) is 32.2 Å². The summed E-state index contributed by atoms with van der Waals surface area (Å²) in [6, 6.07) is 2.41. The molecule has 1 N–H and O–H groups in total. The van der Waals surface area contributed by atoms with Gasteiger partial charge in [0.05, 0.1) is 22.3 Å². The summed E-state index contributed by atoms with van der Waals surface area (Å²) in [6.07, 6.45) is 1.86. The molecule has 0 aliphatic carbocycles. The van der Waals surface area contributed by atoms with Crippen molar-refractivity contribution in [1.82, 2.24) is 24.7 Å². The third kappa shape index (κ3) is 3.49. The molecule has 0 fully saturated rings. The van der Waals surface area contributed by atoms with Crippen LogP contribution in [0.5, 0.6) is 0 Å². The van der Waals surface area contributed by atoms with Crippen molar-refractivity contribution in [1.29, 1.82) is 0 Å². The maximum atomic E-state index is 4.53. The van der Waals surface area contributed by atoms with Crippen LogP contribution >= 0.6 is 11.5 Å². The second kappa shape index (κ2) is 6.23. The average Bonchev–Trinajstić information content (AvgIpc) is 3.02. The first-order valence-corrected chi connectivity index (χ1v) is 8.16. The van der Waals surface area contributed by atoms with Gasteiger partial charge in [-0.2, -0.15) is 5.10 Å². The van der Waals surface area contributed by atoms with Crippen molar-refractivity contribution in [2.75, 3.05) is 7.05 Å². The van der Waals surface area contributed by atoms with Gasteiger partial charge in [0.15, 0.2) is 0 Å². The van der Waals surface area contributed by atoms with Gasteiger partial charge in [-0.05, 0) is 31.1 Å². The van der Waals surface area contributed by atoms with Crippen LogP contribution in [0, 0.1) is 0 Å². The normalized spacial score (nSPS) is 13.6. The first-order chi connectivity index (χ1) is 9.86. The highest BCUT2D eigenvalue weighted by molar-refractivity contribution is 7.05. The van der Waals surface area contributed by atoms with E-state index in [1.807, 2.05) is 18.8 Å². The number of nitrogens with zero attached hydrogens (tertiary/aromatic N) is 4.